The molecule has 1 aromatic carbocycles. The normalized spacial score (nSPS) is 24.4. The number of hydrogen-bond donors (Lipinski definition) is 1. The van der Waals surface area contributed by atoms with Crippen molar-refractivity contribution in [2.24, 2.45) is 0 Å². The summed E-state index contributed by atoms with van der Waals surface area (Å²) >= 11 is 12.2. The second-order valence-corrected chi connectivity index (χ2v) is 5.30. The monoisotopic (exact) mass is 285 g/mol. The van der Waals surface area contributed by atoms with Crippen LogP contribution in [0.1, 0.15) is 0 Å². The van der Waals surface area contributed by atoms with Crippen LogP contribution in [0.3, 0.4) is 0 Å². The Labute approximate surface area is 115 Å². The zero-order chi connectivity index (χ0) is 12.7. The van der Waals surface area contributed by atoms with Gasteiger partial charge in [0.15, 0.2) is 0 Å². The number of nitrogens with one attached hydrogen (secondary N) is 1. The fourth-order valence-corrected chi connectivity index (χ4v) is 2.88. The van der Waals surface area contributed by atoms with E-state index in [1.807, 2.05) is 12.1 Å². The lowest BCUT2D eigenvalue weighted by Gasteiger charge is -2.26. The number of piperazine rings is 1. The molecule has 3 rings (SSSR count). The molecular weight excluding hydrogens is 273 g/mol. The van der Waals surface area contributed by atoms with Crippen LogP contribution in [0.2, 0.25) is 10.0 Å². The Morgan fingerprint density at radius 1 is 1.33 bits per heavy atom. The minimum Gasteiger partial charge on any atom is -0.313 e. The van der Waals surface area contributed by atoms with Gasteiger partial charge < -0.3 is 5.32 Å². The van der Waals surface area contributed by atoms with Gasteiger partial charge in [-0.25, -0.2) is 0 Å². The van der Waals surface area contributed by atoms with Crippen LogP contribution in [0.5, 0.6) is 0 Å². The van der Waals surface area contributed by atoms with Gasteiger partial charge >= 0.3 is 0 Å². The average molecular weight is 286 g/mol. The Morgan fingerprint density at radius 2 is 2.17 bits per heavy atom. The van der Waals surface area contributed by atoms with Crippen molar-refractivity contribution in [2.45, 2.75) is 6.04 Å². The number of benzene rings is 1. The van der Waals surface area contributed by atoms with Gasteiger partial charge in [0, 0.05) is 19.6 Å². The molecule has 6 heteroatoms. The molecule has 2 aliphatic rings. The van der Waals surface area contributed by atoms with E-state index in [0.717, 1.165) is 13.1 Å². The molecule has 1 atom stereocenters. The largest absolute Gasteiger partial charge is 0.313 e. The number of amides is 1. The standard InChI is InChI=1S/C12H13Cl2N3O/c13-8-2-1-3-9(11(8)14)17-7-16-5-4-15-6-10(16)12(17)18/h1-3,10,15H,4-7H2. The summed E-state index contributed by atoms with van der Waals surface area (Å²) in [5, 5.41) is 4.16. The Balaban J connectivity index is 1.93. The van der Waals surface area contributed by atoms with Gasteiger partial charge in [-0.3, -0.25) is 14.6 Å². The molecule has 0 spiro atoms. The molecule has 96 valence electrons. The van der Waals surface area contributed by atoms with E-state index in [0.29, 0.717) is 28.9 Å². The third kappa shape index (κ3) is 1.89. The lowest BCUT2D eigenvalue weighted by atomic mass is 10.2. The molecule has 1 N–H and O–H groups in total. The third-order valence-corrected chi connectivity index (χ3v) is 4.26. The molecule has 1 unspecified atom stereocenters. The lowest BCUT2D eigenvalue weighted by Crippen LogP contribution is -2.50. The smallest absolute Gasteiger partial charge is 0.246 e. The van der Waals surface area contributed by atoms with Gasteiger partial charge in [-0.15, -0.1) is 0 Å². The van der Waals surface area contributed by atoms with Gasteiger partial charge in [-0.05, 0) is 12.1 Å². The van der Waals surface area contributed by atoms with Crippen LogP contribution in [0.4, 0.5) is 5.69 Å². The summed E-state index contributed by atoms with van der Waals surface area (Å²) < 4.78 is 0. The highest BCUT2D eigenvalue weighted by Gasteiger charge is 2.40. The zero-order valence-corrected chi connectivity index (χ0v) is 11.2. The van der Waals surface area contributed by atoms with Crippen molar-refractivity contribution in [3.63, 3.8) is 0 Å². The van der Waals surface area contributed by atoms with Crippen molar-refractivity contribution in [3.05, 3.63) is 28.2 Å². The Bertz CT molecular complexity index is 494. The first kappa shape index (κ1) is 12.2. The number of carbonyl (C=O) groups is 1. The summed E-state index contributed by atoms with van der Waals surface area (Å²) in [5.74, 6) is 0.0892. The summed E-state index contributed by atoms with van der Waals surface area (Å²) in [4.78, 5) is 16.2. The fourth-order valence-electron chi connectivity index (χ4n) is 2.49. The van der Waals surface area contributed by atoms with Gasteiger partial charge in [0.25, 0.3) is 0 Å². The predicted octanol–water partition coefficient (Wildman–Crippen LogP) is 1.57. The molecular formula is C12H13Cl2N3O. The minimum absolute atomic E-state index is 0.0752. The molecule has 4 nitrogen and oxygen atoms in total. The van der Waals surface area contributed by atoms with Crippen LogP contribution in [0.15, 0.2) is 18.2 Å². The number of nitrogens with zero attached hydrogens (tertiary/aromatic N) is 2. The van der Waals surface area contributed by atoms with Gasteiger partial charge in [0.05, 0.1) is 22.4 Å². The first-order chi connectivity index (χ1) is 8.68. The highest BCUT2D eigenvalue weighted by Crippen LogP contribution is 2.35. The maximum absolute atomic E-state index is 12.3. The van der Waals surface area contributed by atoms with E-state index in [1.165, 1.54) is 0 Å². The van der Waals surface area contributed by atoms with Crippen molar-refractivity contribution in [3.8, 4) is 0 Å². The van der Waals surface area contributed by atoms with Gasteiger partial charge in [-0.2, -0.15) is 0 Å². The minimum atomic E-state index is -0.0752. The molecule has 0 aromatic heterocycles. The molecule has 1 aromatic rings. The van der Waals surface area contributed by atoms with E-state index in [4.69, 9.17) is 23.2 Å². The maximum Gasteiger partial charge on any atom is 0.246 e. The summed E-state index contributed by atoms with van der Waals surface area (Å²) in [5.41, 5.74) is 0.698. The van der Waals surface area contributed by atoms with E-state index < -0.39 is 0 Å². The van der Waals surface area contributed by atoms with Crippen molar-refractivity contribution in [2.75, 3.05) is 31.2 Å². The molecule has 2 heterocycles. The highest BCUT2D eigenvalue weighted by atomic mass is 35.5. The Morgan fingerprint density at radius 3 is 2.94 bits per heavy atom. The second-order valence-electron chi connectivity index (χ2n) is 4.51. The molecule has 2 fully saturated rings. The molecule has 1 amide bonds. The number of hydrogen-bond acceptors (Lipinski definition) is 3. The predicted molar refractivity (Wildman–Crippen MR) is 72.2 cm³/mol. The molecule has 0 radical (unpaired) electrons. The number of carbonyl (C=O) groups excluding carboxylic acids is 1. The Kier molecular flexibility index (Phi) is 3.20. The first-order valence-electron chi connectivity index (χ1n) is 5.88. The maximum atomic E-state index is 12.3. The quantitative estimate of drug-likeness (QED) is 0.851. The summed E-state index contributed by atoms with van der Waals surface area (Å²) in [6.07, 6.45) is 0. The van der Waals surface area contributed by atoms with Crippen molar-refractivity contribution >= 4 is 34.8 Å². The zero-order valence-electron chi connectivity index (χ0n) is 9.70. The van der Waals surface area contributed by atoms with Crippen LogP contribution in [-0.4, -0.2) is 43.2 Å². The fraction of sp³-hybridized carbons (Fsp3) is 0.417. The van der Waals surface area contributed by atoms with Gasteiger partial charge in [0.1, 0.15) is 6.04 Å². The topological polar surface area (TPSA) is 35.6 Å². The number of anilines is 1. The lowest BCUT2D eigenvalue weighted by molar-refractivity contribution is -0.119. The van der Waals surface area contributed by atoms with E-state index in [-0.39, 0.29) is 11.9 Å². The van der Waals surface area contributed by atoms with Crippen LogP contribution in [0, 0.1) is 0 Å². The van der Waals surface area contributed by atoms with Gasteiger partial charge in [-0.1, -0.05) is 29.3 Å². The van der Waals surface area contributed by atoms with Gasteiger partial charge in [0.2, 0.25) is 5.91 Å². The van der Waals surface area contributed by atoms with Crippen LogP contribution < -0.4 is 10.2 Å². The number of fused-ring (bicyclic) bond motifs is 1. The molecule has 0 aliphatic carbocycles. The summed E-state index contributed by atoms with van der Waals surface area (Å²) in [7, 11) is 0. The number of halogens is 2. The summed E-state index contributed by atoms with van der Waals surface area (Å²) in [6.45, 7) is 3.09. The van der Waals surface area contributed by atoms with E-state index in [1.54, 1.807) is 11.0 Å². The molecule has 18 heavy (non-hydrogen) atoms. The highest BCUT2D eigenvalue weighted by molar-refractivity contribution is 6.44. The van der Waals surface area contributed by atoms with Crippen molar-refractivity contribution in [1.82, 2.24) is 10.2 Å². The average Bonchev–Trinajstić information content (AvgIpc) is 2.71. The van der Waals surface area contributed by atoms with E-state index in [9.17, 15) is 4.79 Å². The van der Waals surface area contributed by atoms with Crippen LogP contribution >= 0.6 is 23.2 Å². The van der Waals surface area contributed by atoms with Crippen molar-refractivity contribution in [1.29, 1.82) is 0 Å². The van der Waals surface area contributed by atoms with Crippen molar-refractivity contribution < 1.29 is 4.79 Å². The molecule has 2 aliphatic heterocycles. The first-order valence-corrected chi connectivity index (χ1v) is 6.64. The van der Waals surface area contributed by atoms with Crippen LogP contribution in [0.25, 0.3) is 0 Å². The van der Waals surface area contributed by atoms with E-state index in [2.05, 4.69) is 10.2 Å². The Hall–Kier alpha value is -0.810. The molecule has 0 bridgehead atoms. The SMILES string of the molecule is O=C1C2CNCCN2CN1c1cccc(Cl)c1Cl. The van der Waals surface area contributed by atoms with Crippen LogP contribution in [-0.2, 0) is 4.79 Å². The molecule has 0 saturated carbocycles. The van der Waals surface area contributed by atoms with E-state index >= 15 is 0 Å². The summed E-state index contributed by atoms with van der Waals surface area (Å²) in [6, 6.07) is 5.29. The molecule has 2 saturated heterocycles. The number of rotatable bonds is 1. The third-order valence-electron chi connectivity index (χ3n) is 3.45. The second kappa shape index (κ2) is 4.70.